The van der Waals surface area contributed by atoms with E-state index in [0.717, 1.165) is 19.4 Å². The van der Waals surface area contributed by atoms with Crippen LogP contribution in [0.5, 0.6) is 0 Å². The third kappa shape index (κ3) is 5.48. The number of anilines is 1. The van der Waals surface area contributed by atoms with E-state index in [0.29, 0.717) is 25.4 Å². The highest BCUT2D eigenvalue weighted by molar-refractivity contribution is 7.89. The van der Waals surface area contributed by atoms with E-state index in [4.69, 9.17) is 4.74 Å². The third-order valence-electron chi connectivity index (χ3n) is 2.64. The lowest BCUT2D eigenvalue weighted by Gasteiger charge is -2.12. The molecule has 114 valence electrons. The van der Waals surface area contributed by atoms with E-state index < -0.39 is 10.0 Å². The van der Waals surface area contributed by atoms with Gasteiger partial charge < -0.3 is 10.1 Å². The van der Waals surface area contributed by atoms with Crippen LogP contribution in [0.3, 0.4) is 0 Å². The van der Waals surface area contributed by atoms with E-state index in [1.54, 1.807) is 25.1 Å². The average molecular weight is 300 g/mol. The SMILES string of the molecule is CCCOCCCNc1ccccc1S(=O)(=O)NCC. The largest absolute Gasteiger partial charge is 0.384 e. The van der Waals surface area contributed by atoms with Crippen LogP contribution in [-0.4, -0.2) is 34.7 Å². The summed E-state index contributed by atoms with van der Waals surface area (Å²) in [6.07, 6.45) is 1.85. The maximum absolute atomic E-state index is 12.1. The fourth-order valence-electron chi connectivity index (χ4n) is 1.76. The van der Waals surface area contributed by atoms with Gasteiger partial charge in [-0.1, -0.05) is 26.0 Å². The molecule has 0 amide bonds. The number of nitrogens with one attached hydrogen (secondary N) is 2. The van der Waals surface area contributed by atoms with E-state index in [2.05, 4.69) is 17.0 Å². The Labute approximate surface area is 121 Å². The Hall–Kier alpha value is -1.11. The van der Waals surface area contributed by atoms with Crippen LogP contribution in [0.15, 0.2) is 29.2 Å². The molecule has 0 spiro atoms. The van der Waals surface area contributed by atoms with E-state index >= 15 is 0 Å². The van der Waals surface area contributed by atoms with Crippen molar-refractivity contribution < 1.29 is 13.2 Å². The molecule has 0 saturated heterocycles. The van der Waals surface area contributed by atoms with E-state index in [1.165, 1.54) is 0 Å². The molecule has 20 heavy (non-hydrogen) atoms. The summed E-state index contributed by atoms with van der Waals surface area (Å²) < 4.78 is 32.0. The van der Waals surface area contributed by atoms with Crippen LogP contribution < -0.4 is 10.0 Å². The molecule has 0 bridgehead atoms. The van der Waals surface area contributed by atoms with Crippen molar-refractivity contribution in [2.75, 3.05) is 31.6 Å². The van der Waals surface area contributed by atoms with Crippen molar-refractivity contribution in [2.45, 2.75) is 31.6 Å². The lowest BCUT2D eigenvalue weighted by atomic mass is 10.3. The Morgan fingerprint density at radius 2 is 1.90 bits per heavy atom. The fraction of sp³-hybridized carbons (Fsp3) is 0.571. The molecule has 2 N–H and O–H groups in total. The van der Waals surface area contributed by atoms with Gasteiger partial charge in [0.1, 0.15) is 4.90 Å². The molecular formula is C14H24N2O3S. The normalized spacial score (nSPS) is 11.5. The Balaban J connectivity index is 2.58. The Kier molecular flexibility index (Phi) is 7.58. The van der Waals surface area contributed by atoms with Gasteiger partial charge in [0.25, 0.3) is 0 Å². The number of para-hydroxylation sites is 1. The minimum Gasteiger partial charge on any atom is -0.384 e. The van der Waals surface area contributed by atoms with Crippen molar-refractivity contribution >= 4 is 15.7 Å². The minimum absolute atomic E-state index is 0.288. The molecule has 0 aliphatic heterocycles. The van der Waals surface area contributed by atoms with Crippen LogP contribution in [0.2, 0.25) is 0 Å². The second kappa shape index (κ2) is 8.94. The monoisotopic (exact) mass is 300 g/mol. The van der Waals surface area contributed by atoms with Gasteiger partial charge >= 0.3 is 0 Å². The number of sulfonamides is 1. The van der Waals surface area contributed by atoms with Crippen molar-refractivity contribution in [1.29, 1.82) is 0 Å². The standard InChI is InChI=1S/C14H24N2O3S/c1-3-11-19-12-7-10-15-13-8-5-6-9-14(13)20(17,18)16-4-2/h5-6,8-9,15-16H,3-4,7,10-12H2,1-2H3. The van der Waals surface area contributed by atoms with Gasteiger partial charge in [-0.15, -0.1) is 0 Å². The smallest absolute Gasteiger partial charge is 0.242 e. The highest BCUT2D eigenvalue weighted by atomic mass is 32.2. The zero-order valence-corrected chi connectivity index (χ0v) is 13.0. The number of benzene rings is 1. The first kappa shape index (κ1) is 16.9. The van der Waals surface area contributed by atoms with Crippen LogP contribution in [0.1, 0.15) is 26.7 Å². The van der Waals surface area contributed by atoms with Crippen LogP contribution in [0.4, 0.5) is 5.69 Å². The summed E-state index contributed by atoms with van der Waals surface area (Å²) in [5, 5.41) is 3.16. The Bertz CT molecular complexity index is 489. The minimum atomic E-state index is -3.44. The molecular weight excluding hydrogens is 276 g/mol. The molecule has 0 aromatic heterocycles. The summed E-state index contributed by atoms with van der Waals surface area (Å²) in [5.41, 5.74) is 0.629. The fourth-order valence-corrected chi connectivity index (χ4v) is 2.98. The van der Waals surface area contributed by atoms with Crippen LogP contribution in [-0.2, 0) is 14.8 Å². The maximum atomic E-state index is 12.1. The number of hydrogen-bond donors (Lipinski definition) is 2. The predicted octanol–water partition coefficient (Wildman–Crippen LogP) is 2.21. The Morgan fingerprint density at radius 3 is 2.60 bits per heavy atom. The van der Waals surface area contributed by atoms with Crippen molar-refractivity contribution in [3.8, 4) is 0 Å². The summed E-state index contributed by atoms with van der Waals surface area (Å²) in [6, 6.07) is 6.92. The van der Waals surface area contributed by atoms with Crippen molar-refractivity contribution in [1.82, 2.24) is 4.72 Å². The Morgan fingerprint density at radius 1 is 1.15 bits per heavy atom. The molecule has 5 nitrogen and oxygen atoms in total. The molecule has 0 aliphatic carbocycles. The second-order valence-electron chi connectivity index (χ2n) is 4.39. The molecule has 0 heterocycles. The molecule has 0 saturated carbocycles. The highest BCUT2D eigenvalue weighted by Crippen LogP contribution is 2.20. The zero-order valence-electron chi connectivity index (χ0n) is 12.2. The number of ether oxygens (including phenoxy) is 1. The quantitative estimate of drug-likeness (QED) is 0.650. The lowest BCUT2D eigenvalue weighted by Crippen LogP contribution is -2.24. The molecule has 1 aromatic carbocycles. The van der Waals surface area contributed by atoms with E-state index in [-0.39, 0.29) is 4.90 Å². The molecule has 0 fully saturated rings. The van der Waals surface area contributed by atoms with Gasteiger partial charge in [-0.2, -0.15) is 0 Å². The van der Waals surface area contributed by atoms with Gasteiger partial charge in [0.05, 0.1) is 5.69 Å². The highest BCUT2D eigenvalue weighted by Gasteiger charge is 2.16. The first-order chi connectivity index (χ1) is 9.61. The van der Waals surface area contributed by atoms with Gasteiger partial charge in [0, 0.05) is 26.3 Å². The van der Waals surface area contributed by atoms with Gasteiger partial charge in [0.15, 0.2) is 0 Å². The van der Waals surface area contributed by atoms with E-state index in [9.17, 15) is 8.42 Å². The molecule has 6 heteroatoms. The summed E-state index contributed by atoms with van der Waals surface area (Å²) >= 11 is 0. The van der Waals surface area contributed by atoms with Gasteiger partial charge in [-0.25, -0.2) is 13.1 Å². The number of rotatable bonds is 10. The van der Waals surface area contributed by atoms with Gasteiger partial charge in [-0.05, 0) is 25.0 Å². The van der Waals surface area contributed by atoms with Crippen molar-refractivity contribution in [3.05, 3.63) is 24.3 Å². The topological polar surface area (TPSA) is 67.4 Å². The molecule has 0 unspecified atom stereocenters. The summed E-state index contributed by atoms with van der Waals surface area (Å²) in [4.78, 5) is 0.288. The van der Waals surface area contributed by atoms with Crippen molar-refractivity contribution in [3.63, 3.8) is 0 Å². The molecule has 0 atom stereocenters. The summed E-state index contributed by atoms with van der Waals surface area (Å²) in [5.74, 6) is 0. The summed E-state index contributed by atoms with van der Waals surface area (Å²) in [7, 11) is -3.44. The lowest BCUT2D eigenvalue weighted by molar-refractivity contribution is 0.134. The molecule has 0 aliphatic rings. The maximum Gasteiger partial charge on any atom is 0.242 e. The first-order valence-corrected chi connectivity index (χ1v) is 8.50. The zero-order chi connectivity index (χ0) is 14.8. The van der Waals surface area contributed by atoms with E-state index in [1.807, 2.05) is 6.07 Å². The molecule has 0 radical (unpaired) electrons. The number of hydrogen-bond acceptors (Lipinski definition) is 4. The van der Waals surface area contributed by atoms with Crippen LogP contribution in [0.25, 0.3) is 0 Å². The predicted molar refractivity (Wildman–Crippen MR) is 81.5 cm³/mol. The second-order valence-corrected chi connectivity index (χ2v) is 6.13. The molecule has 1 aromatic rings. The van der Waals surface area contributed by atoms with Gasteiger partial charge in [0.2, 0.25) is 10.0 Å². The first-order valence-electron chi connectivity index (χ1n) is 7.02. The van der Waals surface area contributed by atoms with Gasteiger partial charge in [-0.3, -0.25) is 0 Å². The average Bonchev–Trinajstić information content (AvgIpc) is 2.43. The van der Waals surface area contributed by atoms with Crippen molar-refractivity contribution in [2.24, 2.45) is 0 Å². The van der Waals surface area contributed by atoms with Crippen LogP contribution in [0, 0.1) is 0 Å². The van der Waals surface area contributed by atoms with Crippen LogP contribution >= 0.6 is 0 Å². The summed E-state index contributed by atoms with van der Waals surface area (Å²) in [6.45, 7) is 6.34. The molecule has 1 rings (SSSR count). The third-order valence-corrected chi connectivity index (χ3v) is 4.24.